The molecule has 0 saturated carbocycles. The van der Waals surface area contributed by atoms with Crippen LogP contribution in [0.1, 0.15) is 67.8 Å². The van der Waals surface area contributed by atoms with Crippen LogP contribution < -0.4 is 15.6 Å². The highest BCUT2D eigenvalue weighted by Gasteiger charge is 2.40. The van der Waals surface area contributed by atoms with Crippen LogP contribution in [-0.4, -0.2) is 98.9 Å². The minimum Gasteiger partial charge on any atom is -0.506 e. The minimum atomic E-state index is -2.22. The number of nitrogens with one attached hydrogen (secondary N) is 2. The summed E-state index contributed by atoms with van der Waals surface area (Å²) in [6, 6.07) is 24.3. The van der Waals surface area contributed by atoms with Crippen molar-refractivity contribution in [2.75, 3.05) is 45.9 Å². The molecule has 0 radical (unpaired) electrons. The van der Waals surface area contributed by atoms with Crippen LogP contribution in [-0.2, 0) is 10.4 Å². The lowest BCUT2D eigenvalue weighted by Crippen LogP contribution is -2.41. The molecule has 6 N–H and O–H groups in total. The van der Waals surface area contributed by atoms with E-state index in [1.165, 1.54) is 23.5 Å². The van der Waals surface area contributed by atoms with Crippen molar-refractivity contribution < 1.29 is 39.5 Å². The maximum atomic E-state index is 13.4. The van der Waals surface area contributed by atoms with Crippen molar-refractivity contribution in [1.29, 1.82) is 0 Å². The molecule has 13 nitrogen and oxygen atoms in total. The van der Waals surface area contributed by atoms with E-state index < -0.39 is 17.7 Å². The summed E-state index contributed by atoms with van der Waals surface area (Å²) in [4.78, 5) is 58.1. The monoisotopic (exact) mass is 794 g/mol. The zero-order valence-corrected chi connectivity index (χ0v) is 32.1. The molecule has 3 aromatic carbocycles. The number of aliphatic carboxylic acids is 1. The number of pyridine rings is 1. The largest absolute Gasteiger partial charge is 0.506 e. The molecular weight excluding hydrogens is 749 g/mol. The number of phenols is 1. The van der Waals surface area contributed by atoms with Gasteiger partial charge in [0.15, 0.2) is 0 Å². The number of amides is 2. The summed E-state index contributed by atoms with van der Waals surface area (Å²) in [6.45, 7) is 3.64. The number of thiophene rings is 1. The van der Waals surface area contributed by atoms with E-state index >= 15 is 0 Å². The third-order valence-corrected chi connectivity index (χ3v) is 12.2. The maximum Gasteiger partial charge on any atom is 0.345 e. The first-order valence-corrected chi connectivity index (χ1v) is 20.0. The second-order valence-corrected chi connectivity index (χ2v) is 15.9. The number of carboxylic acids is 1. The summed E-state index contributed by atoms with van der Waals surface area (Å²) >= 11 is 1.22. The van der Waals surface area contributed by atoms with Crippen LogP contribution in [0, 0.1) is 11.8 Å². The van der Waals surface area contributed by atoms with E-state index in [0.717, 1.165) is 25.7 Å². The highest BCUT2D eigenvalue weighted by Crippen LogP contribution is 2.33. The second-order valence-electron chi connectivity index (χ2n) is 14.8. The second kappa shape index (κ2) is 17.3. The number of benzene rings is 3. The Balaban J connectivity index is 0.843. The van der Waals surface area contributed by atoms with Crippen molar-refractivity contribution in [1.82, 2.24) is 20.1 Å². The number of aromatic nitrogens is 1. The van der Waals surface area contributed by atoms with Crippen molar-refractivity contribution >= 4 is 40.0 Å². The summed E-state index contributed by atoms with van der Waals surface area (Å²) < 4.78 is 6.06. The van der Waals surface area contributed by atoms with E-state index in [1.54, 1.807) is 78.9 Å². The number of piperidine rings is 2. The quantitative estimate of drug-likeness (QED) is 0.0972. The molecule has 2 atom stereocenters. The average molecular weight is 795 g/mol. The van der Waals surface area contributed by atoms with Crippen LogP contribution in [0.25, 0.3) is 10.9 Å². The van der Waals surface area contributed by atoms with Crippen LogP contribution >= 0.6 is 11.3 Å². The Kier molecular flexibility index (Phi) is 12.0. The van der Waals surface area contributed by atoms with Gasteiger partial charge >= 0.3 is 5.97 Å². The number of aromatic hydroxyl groups is 1. The van der Waals surface area contributed by atoms with Gasteiger partial charge in [-0.1, -0.05) is 48.5 Å². The third-order valence-electron chi connectivity index (χ3n) is 11.1. The number of carbonyl (C=O) groups is 3. The van der Waals surface area contributed by atoms with Gasteiger partial charge in [-0.25, -0.2) is 4.79 Å². The number of aliphatic hydroxyl groups is 2. The number of carboxylic acid groups (broad SMARTS) is 1. The highest BCUT2D eigenvalue weighted by atomic mass is 32.1. The van der Waals surface area contributed by atoms with Gasteiger partial charge in [0, 0.05) is 49.7 Å². The first-order valence-electron chi connectivity index (χ1n) is 19.2. The molecule has 2 aromatic heterocycles. The molecular formula is C43H46N4O9S. The first-order chi connectivity index (χ1) is 27.5. The van der Waals surface area contributed by atoms with Gasteiger partial charge in [-0.05, 0) is 91.6 Å². The molecule has 2 amide bonds. The summed E-state index contributed by atoms with van der Waals surface area (Å²) in [5.74, 6) is -0.653. The fourth-order valence-corrected chi connectivity index (χ4v) is 8.67. The van der Waals surface area contributed by atoms with Gasteiger partial charge < -0.3 is 45.3 Å². The molecule has 5 aromatic rings. The lowest BCUT2D eigenvalue weighted by atomic mass is 9.86. The van der Waals surface area contributed by atoms with Gasteiger partial charge in [-0.2, -0.15) is 0 Å². The number of fused-ring (bicyclic) bond motifs is 1. The van der Waals surface area contributed by atoms with Crippen LogP contribution in [0.2, 0.25) is 0 Å². The van der Waals surface area contributed by atoms with E-state index in [1.807, 2.05) is 9.80 Å². The molecule has 0 spiro atoms. The Morgan fingerprint density at radius 3 is 2.11 bits per heavy atom. The Morgan fingerprint density at radius 1 is 0.825 bits per heavy atom. The molecule has 14 heteroatoms. The average Bonchev–Trinajstić information content (AvgIpc) is 3.74. The predicted octanol–water partition coefficient (Wildman–Crippen LogP) is 4.72. The topological polar surface area (TPSA) is 193 Å². The molecule has 0 bridgehead atoms. The fraction of sp³-hybridized carbons (Fsp3) is 0.349. The number of phenolic OH excluding ortho intramolecular Hbond substituents is 1. The number of hydrogen-bond acceptors (Lipinski definition) is 10. The Labute approximate surface area is 333 Å². The van der Waals surface area contributed by atoms with Crippen LogP contribution in [0.15, 0.2) is 95.8 Å². The van der Waals surface area contributed by atoms with Gasteiger partial charge in [0.1, 0.15) is 11.5 Å². The van der Waals surface area contributed by atoms with E-state index in [9.17, 15) is 39.6 Å². The lowest BCUT2D eigenvalue weighted by Gasteiger charge is -2.32. The molecule has 0 aliphatic carbocycles. The number of nitrogens with zero attached hydrogens (tertiary/aromatic N) is 2. The number of hydrogen-bond donors (Lipinski definition) is 6. The minimum absolute atomic E-state index is 0.0552. The number of ether oxygens (including phenoxy) is 1. The number of rotatable bonds is 13. The molecule has 2 aliphatic rings. The number of likely N-dealkylation sites (tertiary alicyclic amines) is 2. The molecule has 57 heavy (non-hydrogen) atoms. The third kappa shape index (κ3) is 8.74. The zero-order chi connectivity index (χ0) is 40.1. The van der Waals surface area contributed by atoms with Crippen LogP contribution in [0.5, 0.6) is 11.5 Å². The smallest absolute Gasteiger partial charge is 0.345 e. The predicted molar refractivity (Wildman–Crippen MR) is 215 cm³/mol. The van der Waals surface area contributed by atoms with E-state index in [0.29, 0.717) is 83.8 Å². The number of aromatic amines is 1. The summed E-state index contributed by atoms with van der Waals surface area (Å²) in [6.07, 6.45) is 2.22. The zero-order valence-electron chi connectivity index (χ0n) is 31.3. The summed E-state index contributed by atoms with van der Waals surface area (Å²) in [5.41, 5.74) is -1.21. The standard InChI is InChI=1S/C43H46N4O9S/c48-34-11-9-32(33-10-14-38(50)45-39(33)34)35(49)25-44-24-27-15-19-46(20-16-27)40(51)36-12-13-37(57-36)41(52)47-21-17-28(18-22-47)26-56-31-8-4-7-30(23-31)43(55,42(53)54)29-5-2-1-3-6-29/h1-14,23,27-28,35,44,48-49,55H,15-22,24-26H2,(H,45,50)(H,53,54). The van der Waals surface area contributed by atoms with Gasteiger partial charge in [0.05, 0.1) is 28.0 Å². The number of carbonyl (C=O) groups excluding carboxylic acids is 2. The molecule has 298 valence electrons. The van der Waals surface area contributed by atoms with Gasteiger partial charge in [-0.3, -0.25) is 14.4 Å². The summed E-state index contributed by atoms with van der Waals surface area (Å²) in [7, 11) is 0. The van der Waals surface area contributed by atoms with Crippen molar-refractivity contribution in [2.45, 2.75) is 37.4 Å². The fourth-order valence-electron chi connectivity index (χ4n) is 7.72. The molecule has 4 heterocycles. The van der Waals surface area contributed by atoms with Gasteiger partial charge in [0.25, 0.3) is 11.8 Å². The van der Waals surface area contributed by atoms with Crippen molar-refractivity contribution in [3.05, 3.63) is 128 Å². The lowest BCUT2D eigenvalue weighted by molar-refractivity contribution is -0.155. The molecule has 2 saturated heterocycles. The van der Waals surface area contributed by atoms with Crippen molar-refractivity contribution in [2.24, 2.45) is 11.8 Å². The van der Waals surface area contributed by atoms with Crippen molar-refractivity contribution in [3.8, 4) is 11.5 Å². The Hall–Kier alpha value is -5.54. The number of aliphatic hydroxyl groups excluding tert-OH is 1. The highest BCUT2D eigenvalue weighted by molar-refractivity contribution is 7.15. The van der Waals surface area contributed by atoms with Gasteiger partial charge in [0.2, 0.25) is 11.2 Å². The molecule has 2 unspecified atom stereocenters. The van der Waals surface area contributed by atoms with Crippen LogP contribution in [0.4, 0.5) is 0 Å². The van der Waals surface area contributed by atoms with E-state index in [4.69, 9.17) is 4.74 Å². The van der Waals surface area contributed by atoms with Crippen LogP contribution in [0.3, 0.4) is 0 Å². The summed E-state index contributed by atoms with van der Waals surface area (Å²) in [5, 5.41) is 46.1. The normalized spacial score (nSPS) is 16.9. The Morgan fingerprint density at radius 2 is 1.46 bits per heavy atom. The SMILES string of the molecule is O=C(c1ccc(C(=O)N2CCC(COc3cccc(C(O)(C(=O)O)c4ccccc4)c3)CC2)s1)N1CCC(CNCC(O)c2ccc(O)c3[nH]c(=O)ccc23)CC1. The molecule has 2 fully saturated rings. The maximum absolute atomic E-state index is 13.4. The van der Waals surface area contributed by atoms with E-state index in [2.05, 4.69) is 10.3 Å². The van der Waals surface area contributed by atoms with E-state index in [-0.39, 0.29) is 40.2 Å². The number of H-pyrrole nitrogens is 1. The Bertz CT molecular complexity index is 2280. The molecule has 7 rings (SSSR count). The van der Waals surface area contributed by atoms with Crippen molar-refractivity contribution in [3.63, 3.8) is 0 Å². The first kappa shape index (κ1) is 39.7. The van der Waals surface area contributed by atoms with Gasteiger partial charge in [-0.15, -0.1) is 11.3 Å². The molecule has 2 aliphatic heterocycles.